The molecular formula is C12H22N4O5Si. The second-order valence-corrected chi connectivity index (χ2v) is 8.66. The first kappa shape index (κ1) is 17.0. The molecule has 1 aliphatic rings. The Balaban J connectivity index is 2.47. The standard InChI is InChI=1S/C12H22N4O5Si/c1-4-20-5-7-8(17)9(18)12(21-7,22(2)3)16-6-14-10(13)15-11(16)19/h6-9,17-18,22H,4-5H2,1-3H3,(H2,13,15,19)/t7-,8-,9-,12+/m1/s1. The molecule has 0 aliphatic carbocycles. The summed E-state index contributed by atoms with van der Waals surface area (Å²) in [6.45, 7) is 6.21. The monoisotopic (exact) mass is 330 g/mol. The van der Waals surface area contributed by atoms with Gasteiger partial charge in [-0.3, -0.25) is 4.57 Å². The van der Waals surface area contributed by atoms with Crippen LogP contribution in [0.1, 0.15) is 6.92 Å². The van der Waals surface area contributed by atoms with Crippen LogP contribution in [0.4, 0.5) is 5.95 Å². The van der Waals surface area contributed by atoms with Crippen LogP contribution in [0.2, 0.25) is 13.1 Å². The second-order valence-electron chi connectivity index (χ2n) is 5.52. The van der Waals surface area contributed by atoms with Crippen molar-refractivity contribution in [2.24, 2.45) is 0 Å². The average molecular weight is 330 g/mol. The predicted octanol–water partition coefficient (Wildman–Crippen LogP) is -1.94. The molecule has 0 bridgehead atoms. The zero-order chi connectivity index (χ0) is 16.5. The molecular weight excluding hydrogens is 308 g/mol. The van der Waals surface area contributed by atoms with E-state index >= 15 is 0 Å². The van der Waals surface area contributed by atoms with Crippen molar-refractivity contribution in [2.45, 2.75) is 43.7 Å². The quantitative estimate of drug-likeness (QED) is 0.531. The molecule has 4 N–H and O–H groups in total. The van der Waals surface area contributed by atoms with Gasteiger partial charge in [0.25, 0.3) is 0 Å². The lowest BCUT2D eigenvalue weighted by atomic mass is 10.1. The highest BCUT2D eigenvalue weighted by Gasteiger charge is 2.58. The van der Waals surface area contributed by atoms with Gasteiger partial charge in [0.15, 0.2) is 5.35 Å². The van der Waals surface area contributed by atoms with Crippen LogP contribution in [0, 0.1) is 0 Å². The first-order valence-electron chi connectivity index (χ1n) is 7.17. The molecule has 4 atom stereocenters. The van der Waals surface area contributed by atoms with Crippen LogP contribution >= 0.6 is 0 Å². The summed E-state index contributed by atoms with van der Waals surface area (Å²) in [5, 5.41) is 19.5. The second kappa shape index (κ2) is 6.42. The van der Waals surface area contributed by atoms with E-state index in [1.165, 1.54) is 6.33 Å². The number of aliphatic hydroxyl groups is 2. The van der Waals surface area contributed by atoms with E-state index in [0.29, 0.717) is 6.61 Å². The number of nitrogen functional groups attached to an aromatic ring is 1. The Kier molecular flexibility index (Phi) is 4.97. The highest BCUT2D eigenvalue weighted by molar-refractivity contribution is 6.58. The molecule has 0 unspecified atom stereocenters. The minimum Gasteiger partial charge on any atom is -0.387 e. The summed E-state index contributed by atoms with van der Waals surface area (Å²) in [7, 11) is -1.84. The molecule has 1 fully saturated rings. The number of hydrogen-bond donors (Lipinski definition) is 3. The van der Waals surface area contributed by atoms with Gasteiger partial charge in [0, 0.05) is 6.61 Å². The first-order chi connectivity index (χ1) is 10.3. The van der Waals surface area contributed by atoms with Gasteiger partial charge in [0.1, 0.15) is 24.6 Å². The van der Waals surface area contributed by atoms with Crippen LogP contribution in [-0.4, -0.2) is 65.1 Å². The van der Waals surface area contributed by atoms with Gasteiger partial charge >= 0.3 is 5.69 Å². The first-order valence-corrected chi connectivity index (χ1v) is 10.1. The van der Waals surface area contributed by atoms with Gasteiger partial charge in [0.2, 0.25) is 5.95 Å². The normalized spacial score (nSPS) is 31.8. The van der Waals surface area contributed by atoms with Gasteiger partial charge in [-0.05, 0) is 6.92 Å². The van der Waals surface area contributed by atoms with Gasteiger partial charge in [-0.25, -0.2) is 9.78 Å². The van der Waals surface area contributed by atoms with Crippen LogP contribution in [-0.2, 0) is 14.8 Å². The number of aliphatic hydroxyl groups excluding tert-OH is 2. The van der Waals surface area contributed by atoms with E-state index in [-0.39, 0.29) is 12.6 Å². The van der Waals surface area contributed by atoms with Gasteiger partial charge in [-0.1, -0.05) is 13.1 Å². The van der Waals surface area contributed by atoms with Gasteiger partial charge in [-0.2, -0.15) is 4.98 Å². The average Bonchev–Trinajstić information content (AvgIpc) is 2.71. The fraction of sp³-hybridized carbons (Fsp3) is 0.750. The fourth-order valence-corrected chi connectivity index (χ4v) is 4.80. The molecule has 10 heteroatoms. The molecule has 1 aliphatic heterocycles. The summed E-state index contributed by atoms with van der Waals surface area (Å²) in [6.07, 6.45) is -1.95. The van der Waals surface area contributed by atoms with E-state index in [4.69, 9.17) is 15.2 Å². The summed E-state index contributed by atoms with van der Waals surface area (Å²) in [5.41, 5.74) is 4.73. The fourth-order valence-electron chi connectivity index (χ4n) is 2.74. The number of anilines is 1. The highest BCUT2D eigenvalue weighted by Crippen LogP contribution is 2.37. The summed E-state index contributed by atoms with van der Waals surface area (Å²) < 4.78 is 12.3. The summed E-state index contributed by atoms with van der Waals surface area (Å²) in [4.78, 5) is 19.6. The Hall–Kier alpha value is -1.33. The molecule has 22 heavy (non-hydrogen) atoms. The van der Waals surface area contributed by atoms with Gasteiger partial charge in [0.05, 0.1) is 15.4 Å². The molecule has 2 rings (SSSR count). The predicted molar refractivity (Wildman–Crippen MR) is 80.9 cm³/mol. The minimum atomic E-state index is -1.84. The zero-order valence-corrected chi connectivity index (χ0v) is 14.0. The molecule has 0 spiro atoms. The number of rotatable bonds is 5. The SMILES string of the molecule is CCOC[C@H]1O[C@](n2cnc(N)nc2=O)([SiH](C)C)[C@H](O)[C@@H]1O. The molecule has 0 radical (unpaired) electrons. The molecule has 9 nitrogen and oxygen atoms in total. The van der Waals surface area contributed by atoms with Crippen molar-refractivity contribution in [2.75, 3.05) is 18.9 Å². The van der Waals surface area contributed by atoms with E-state index in [0.717, 1.165) is 4.57 Å². The number of ether oxygens (including phenoxy) is 2. The Morgan fingerprint density at radius 3 is 2.77 bits per heavy atom. The molecule has 0 saturated carbocycles. The summed E-state index contributed by atoms with van der Waals surface area (Å²) >= 11 is 0. The Morgan fingerprint density at radius 1 is 1.55 bits per heavy atom. The summed E-state index contributed by atoms with van der Waals surface area (Å²) in [6, 6.07) is 0. The molecule has 0 aromatic carbocycles. The molecule has 0 amide bonds. The largest absolute Gasteiger partial charge is 0.387 e. The van der Waals surface area contributed by atoms with Crippen LogP contribution in [0.5, 0.6) is 0 Å². The van der Waals surface area contributed by atoms with E-state index in [9.17, 15) is 15.0 Å². The highest BCUT2D eigenvalue weighted by atomic mass is 28.3. The van der Waals surface area contributed by atoms with E-state index < -0.39 is 38.1 Å². The maximum Gasteiger partial charge on any atom is 0.354 e. The Bertz CT molecular complexity index is 583. The van der Waals surface area contributed by atoms with Crippen molar-refractivity contribution in [3.8, 4) is 0 Å². The van der Waals surface area contributed by atoms with Crippen LogP contribution in [0.25, 0.3) is 0 Å². The number of nitrogens with two attached hydrogens (primary N) is 1. The van der Waals surface area contributed by atoms with Crippen molar-refractivity contribution in [1.82, 2.24) is 14.5 Å². The smallest absolute Gasteiger partial charge is 0.354 e. The van der Waals surface area contributed by atoms with Crippen LogP contribution in [0.3, 0.4) is 0 Å². The summed E-state index contributed by atoms with van der Waals surface area (Å²) in [5.74, 6) is -0.152. The maximum absolute atomic E-state index is 12.2. The topological polar surface area (TPSA) is 133 Å². The van der Waals surface area contributed by atoms with E-state index in [1.54, 1.807) is 0 Å². The molecule has 1 saturated heterocycles. The third kappa shape index (κ3) is 2.68. The Morgan fingerprint density at radius 2 is 2.23 bits per heavy atom. The van der Waals surface area contributed by atoms with Crippen molar-refractivity contribution in [1.29, 1.82) is 0 Å². The lowest BCUT2D eigenvalue weighted by molar-refractivity contribution is -0.101. The van der Waals surface area contributed by atoms with Crippen molar-refractivity contribution in [3.05, 3.63) is 16.8 Å². The van der Waals surface area contributed by atoms with Crippen molar-refractivity contribution < 1.29 is 19.7 Å². The van der Waals surface area contributed by atoms with Crippen molar-refractivity contribution >= 4 is 14.7 Å². The minimum absolute atomic E-state index is 0.127. The number of nitrogens with zero attached hydrogens (tertiary/aromatic N) is 3. The molecule has 1 aromatic rings. The van der Waals surface area contributed by atoms with E-state index in [1.807, 2.05) is 20.0 Å². The molecule has 1 aromatic heterocycles. The van der Waals surface area contributed by atoms with Gasteiger partial charge in [-0.15, -0.1) is 0 Å². The zero-order valence-electron chi connectivity index (χ0n) is 12.8. The lowest BCUT2D eigenvalue weighted by Crippen LogP contribution is -2.58. The third-order valence-electron chi connectivity index (χ3n) is 3.88. The maximum atomic E-state index is 12.2. The van der Waals surface area contributed by atoms with Gasteiger partial charge < -0.3 is 25.4 Å². The number of hydrogen-bond acceptors (Lipinski definition) is 8. The van der Waals surface area contributed by atoms with Crippen LogP contribution < -0.4 is 11.4 Å². The third-order valence-corrected chi connectivity index (χ3v) is 6.29. The Labute approximate surface area is 129 Å². The number of aromatic nitrogens is 3. The lowest BCUT2D eigenvalue weighted by Gasteiger charge is -2.36. The van der Waals surface area contributed by atoms with Crippen LogP contribution in [0.15, 0.2) is 11.1 Å². The van der Waals surface area contributed by atoms with Crippen molar-refractivity contribution in [3.63, 3.8) is 0 Å². The van der Waals surface area contributed by atoms with E-state index in [2.05, 4.69) is 9.97 Å². The molecule has 2 heterocycles. The molecule has 124 valence electrons.